The van der Waals surface area contributed by atoms with Crippen LogP contribution in [0.3, 0.4) is 0 Å². The highest BCUT2D eigenvalue weighted by Crippen LogP contribution is 2.33. The van der Waals surface area contributed by atoms with E-state index in [1.54, 1.807) is 0 Å². The molecule has 3 rings (SSSR count). The molecule has 0 radical (unpaired) electrons. The molecule has 17 heavy (non-hydrogen) atoms. The van der Waals surface area contributed by atoms with Gasteiger partial charge in [-0.05, 0) is 12.8 Å². The van der Waals surface area contributed by atoms with E-state index in [1.165, 1.54) is 0 Å². The molecule has 2 N–H and O–H groups in total. The Labute approximate surface area is 99.7 Å². The van der Waals surface area contributed by atoms with Crippen molar-refractivity contribution in [2.45, 2.75) is 30.4 Å². The lowest BCUT2D eigenvalue weighted by atomic mass is 10.1. The van der Waals surface area contributed by atoms with Gasteiger partial charge in [-0.25, -0.2) is 8.42 Å². The maximum Gasteiger partial charge on any atom is 0.160 e. The minimum Gasteiger partial charge on any atom is -0.382 e. The van der Waals surface area contributed by atoms with Crippen molar-refractivity contribution in [2.75, 3.05) is 18.9 Å². The summed E-state index contributed by atoms with van der Waals surface area (Å²) < 4.78 is 30.3. The molecule has 2 aliphatic heterocycles. The highest BCUT2D eigenvalue weighted by atomic mass is 32.2. The van der Waals surface area contributed by atoms with Gasteiger partial charge in [-0.15, -0.1) is 0 Å². The van der Waals surface area contributed by atoms with E-state index in [0.29, 0.717) is 24.6 Å². The molecule has 3 heterocycles. The Kier molecular flexibility index (Phi) is 2.41. The van der Waals surface area contributed by atoms with Gasteiger partial charge in [0.25, 0.3) is 0 Å². The molecule has 94 valence electrons. The molecule has 0 bridgehead atoms. The SMILES string of the molecule is Nc1nn(C2CCOCC2)c2c1CS(=O)(=O)C2. The zero-order valence-electron chi connectivity index (χ0n) is 9.42. The largest absolute Gasteiger partial charge is 0.382 e. The highest BCUT2D eigenvalue weighted by Gasteiger charge is 2.33. The van der Waals surface area contributed by atoms with Gasteiger partial charge < -0.3 is 10.5 Å². The van der Waals surface area contributed by atoms with Crippen molar-refractivity contribution < 1.29 is 13.2 Å². The predicted octanol–water partition coefficient (Wildman–Crippen LogP) is 0.245. The summed E-state index contributed by atoms with van der Waals surface area (Å²) in [6.07, 6.45) is 1.74. The van der Waals surface area contributed by atoms with E-state index in [0.717, 1.165) is 18.5 Å². The van der Waals surface area contributed by atoms with E-state index in [1.807, 2.05) is 4.68 Å². The smallest absolute Gasteiger partial charge is 0.160 e. The second-order valence-corrected chi connectivity index (χ2v) is 6.70. The Bertz CT molecular complexity index is 543. The second-order valence-electron chi connectivity index (χ2n) is 4.63. The average molecular weight is 257 g/mol. The first kappa shape index (κ1) is 11.0. The van der Waals surface area contributed by atoms with Gasteiger partial charge >= 0.3 is 0 Å². The van der Waals surface area contributed by atoms with E-state index in [4.69, 9.17) is 10.5 Å². The van der Waals surface area contributed by atoms with Gasteiger partial charge in [-0.2, -0.15) is 5.10 Å². The van der Waals surface area contributed by atoms with Gasteiger partial charge in [0, 0.05) is 18.8 Å². The highest BCUT2D eigenvalue weighted by molar-refractivity contribution is 7.90. The van der Waals surface area contributed by atoms with Crippen LogP contribution in [0.15, 0.2) is 0 Å². The molecule has 0 aliphatic carbocycles. The second kappa shape index (κ2) is 3.71. The Hall–Kier alpha value is -1.08. The van der Waals surface area contributed by atoms with Crippen LogP contribution in [0.5, 0.6) is 0 Å². The van der Waals surface area contributed by atoms with Gasteiger partial charge in [0.15, 0.2) is 9.84 Å². The van der Waals surface area contributed by atoms with Gasteiger partial charge in [0.2, 0.25) is 0 Å². The van der Waals surface area contributed by atoms with Crippen LogP contribution in [0.2, 0.25) is 0 Å². The summed E-state index contributed by atoms with van der Waals surface area (Å²) in [6, 6.07) is 0.225. The van der Waals surface area contributed by atoms with E-state index >= 15 is 0 Å². The maximum absolute atomic E-state index is 11.6. The Morgan fingerprint density at radius 1 is 1.29 bits per heavy atom. The first-order valence-corrected chi connectivity index (χ1v) is 7.53. The fraction of sp³-hybridized carbons (Fsp3) is 0.700. The zero-order chi connectivity index (χ0) is 12.0. The molecule has 2 aliphatic rings. The molecule has 0 spiro atoms. The quantitative estimate of drug-likeness (QED) is 0.779. The molecule has 0 atom stereocenters. The number of sulfone groups is 1. The van der Waals surface area contributed by atoms with Gasteiger partial charge in [0.05, 0.1) is 23.2 Å². The van der Waals surface area contributed by atoms with Crippen LogP contribution in [-0.4, -0.2) is 31.4 Å². The fourth-order valence-electron chi connectivity index (χ4n) is 2.54. The van der Waals surface area contributed by atoms with Crippen molar-refractivity contribution in [1.82, 2.24) is 9.78 Å². The summed E-state index contributed by atoms with van der Waals surface area (Å²) in [7, 11) is -3.02. The van der Waals surface area contributed by atoms with Crippen LogP contribution in [-0.2, 0) is 26.1 Å². The summed E-state index contributed by atoms with van der Waals surface area (Å²) in [5.41, 5.74) is 7.28. The molecular weight excluding hydrogens is 242 g/mol. The average Bonchev–Trinajstić information content (AvgIpc) is 2.76. The molecule has 1 fully saturated rings. The van der Waals surface area contributed by atoms with E-state index in [9.17, 15) is 8.42 Å². The minimum absolute atomic E-state index is 0.0391. The van der Waals surface area contributed by atoms with Crippen LogP contribution >= 0.6 is 0 Å². The van der Waals surface area contributed by atoms with Crippen molar-refractivity contribution >= 4 is 15.7 Å². The number of fused-ring (bicyclic) bond motifs is 1. The normalized spacial score (nSPS) is 23.8. The molecular formula is C10H15N3O3S. The number of hydrogen-bond acceptors (Lipinski definition) is 5. The minimum atomic E-state index is -3.02. The van der Waals surface area contributed by atoms with Gasteiger partial charge in [0.1, 0.15) is 5.82 Å². The lowest BCUT2D eigenvalue weighted by Gasteiger charge is -2.23. The molecule has 7 heteroatoms. The van der Waals surface area contributed by atoms with Crippen LogP contribution < -0.4 is 5.73 Å². The zero-order valence-corrected chi connectivity index (χ0v) is 10.2. The van der Waals surface area contributed by atoms with E-state index in [2.05, 4.69) is 5.10 Å². The number of hydrogen-bond donors (Lipinski definition) is 1. The number of aromatic nitrogens is 2. The van der Waals surface area contributed by atoms with Crippen molar-refractivity contribution in [3.63, 3.8) is 0 Å². The molecule has 1 aromatic rings. The molecule has 1 aromatic heterocycles. The fourth-order valence-corrected chi connectivity index (χ4v) is 4.12. The van der Waals surface area contributed by atoms with Crippen molar-refractivity contribution in [2.24, 2.45) is 0 Å². The van der Waals surface area contributed by atoms with Crippen LogP contribution in [0.1, 0.15) is 30.1 Å². The van der Waals surface area contributed by atoms with Crippen LogP contribution in [0, 0.1) is 0 Å². The van der Waals surface area contributed by atoms with Gasteiger partial charge in [-0.3, -0.25) is 4.68 Å². The third-order valence-corrected chi connectivity index (χ3v) is 4.85. The van der Waals surface area contributed by atoms with Crippen molar-refractivity contribution in [1.29, 1.82) is 0 Å². The van der Waals surface area contributed by atoms with Crippen LogP contribution in [0.4, 0.5) is 5.82 Å². The molecule has 0 saturated carbocycles. The Morgan fingerprint density at radius 2 is 2.00 bits per heavy atom. The van der Waals surface area contributed by atoms with E-state index in [-0.39, 0.29) is 17.5 Å². The molecule has 6 nitrogen and oxygen atoms in total. The van der Waals surface area contributed by atoms with Gasteiger partial charge in [-0.1, -0.05) is 0 Å². The Balaban J connectivity index is 2.00. The standard InChI is InChI=1S/C10H15N3O3S/c11-10-8-5-17(14,15)6-9(8)13(12-10)7-1-3-16-4-2-7/h7H,1-6H2,(H2,11,12). The molecule has 0 unspecified atom stereocenters. The summed E-state index contributed by atoms with van der Waals surface area (Å²) in [5, 5.41) is 4.30. The predicted molar refractivity (Wildman–Crippen MR) is 62.1 cm³/mol. The van der Waals surface area contributed by atoms with Crippen LogP contribution in [0.25, 0.3) is 0 Å². The summed E-state index contributed by atoms with van der Waals surface area (Å²) >= 11 is 0. The monoisotopic (exact) mass is 257 g/mol. The Morgan fingerprint density at radius 3 is 2.71 bits per heavy atom. The van der Waals surface area contributed by atoms with Crippen molar-refractivity contribution in [3.05, 3.63) is 11.3 Å². The lowest BCUT2D eigenvalue weighted by Crippen LogP contribution is -2.22. The lowest BCUT2D eigenvalue weighted by molar-refractivity contribution is 0.0657. The number of nitrogens with two attached hydrogens (primary N) is 1. The topological polar surface area (TPSA) is 87.2 Å². The number of anilines is 1. The first-order chi connectivity index (χ1) is 8.07. The number of rotatable bonds is 1. The number of ether oxygens (including phenoxy) is 1. The third kappa shape index (κ3) is 1.83. The maximum atomic E-state index is 11.6. The molecule has 0 aromatic carbocycles. The van der Waals surface area contributed by atoms with E-state index < -0.39 is 9.84 Å². The molecule has 0 amide bonds. The van der Waals surface area contributed by atoms with Crippen molar-refractivity contribution in [3.8, 4) is 0 Å². The summed E-state index contributed by atoms with van der Waals surface area (Å²) in [5.74, 6) is 0.480. The number of nitrogen functional groups attached to an aromatic ring is 1. The number of nitrogens with zero attached hydrogens (tertiary/aromatic N) is 2. The third-order valence-electron chi connectivity index (χ3n) is 3.41. The molecule has 1 saturated heterocycles. The summed E-state index contributed by atoms with van der Waals surface area (Å²) in [6.45, 7) is 1.40. The summed E-state index contributed by atoms with van der Waals surface area (Å²) in [4.78, 5) is 0. The first-order valence-electron chi connectivity index (χ1n) is 5.71.